The molecule has 0 aliphatic rings. The van der Waals surface area contributed by atoms with Gasteiger partial charge in [0, 0.05) is 24.3 Å². The van der Waals surface area contributed by atoms with Gasteiger partial charge in [0.25, 0.3) is 5.91 Å². The predicted octanol–water partition coefficient (Wildman–Crippen LogP) is 1.01. The fourth-order valence-corrected chi connectivity index (χ4v) is 2.30. The first kappa shape index (κ1) is 16.5. The number of nitrogens with zero attached hydrogens (tertiary/aromatic N) is 3. The fraction of sp³-hybridized carbons (Fsp3) is 0.333. The van der Waals surface area contributed by atoms with Crippen LogP contribution >= 0.6 is 11.6 Å². The first-order valence-electron chi connectivity index (χ1n) is 6.92. The lowest BCUT2D eigenvalue weighted by molar-refractivity contribution is 0.0684. The maximum absolute atomic E-state index is 12.3. The number of aromatic nitrogens is 2. The average molecular weight is 324 g/mol. The molecule has 0 saturated heterocycles. The first-order valence-corrected chi connectivity index (χ1v) is 7.30. The van der Waals surface area contributed by atoms with Gasteiger partial charge in [-0.2, -0.15) is 5.10 Å². The Bertz CT molecular complexity index is 624. The van der Waals surface area contributed by atoms with Crippen LogP contribution < -0.4 is 0 Å². The summed E-state index contributed by atoms with van der Waals surface area (Å²) in [5.74, 6) is -0.270. The third-order valence-electron chi connectivity index (χ3n) is 3.20. The summed E-state index contributed by atoms with van der Waals surface area (Å²) in [5, 5.41) is 22.8. The molecule has 0 atom stereocenters. The van der Waals surface area contributed by atoms with E-state index in [4.69, 9.17) is 21.8 Å². The van der Waals surface area contributed by atoms with Crippen LogP contribution in [0.25, 0.3) is 0 Å². The summed E-state index contributed by atoms with van der Waals surface area (Å²) in [4.78, 5) is 13.7. The van der Waals surface area contributed by atoms with Gasteiger partial charge in [-0.3, -0.25) is 9.48 Å². The van der Waals surface area contributed by atoms with Gasteiger partial charge in [-0.15, -0.1) is 0 Å². The van der Waals surface area contributed by atoms with Gasteiger partial charge in [-0.1, -0.05) is 29.8 Å². The van der Waals surface area contributed by atoms with Crippen LogP contribution in [0.5, 0.6) is 0 Å². The summed E-state index contributed by atoms with van der Waals surface area (Å²) in [6.45, 7) is 0.510. The molecule has 0 spiro atoms. The molecule has 1 amide bonds. The molecule has 0 unspecified atom stereocenters. The molecule has 0 bridgehead atoms. The number of aliphatic hydroxyl groups excluding tert-OH is 2. The quantitative estimate of drug-likeness (QED) is 0.797. The Hall–Kier alpha value is -1.89. The van der Waals surface area contributed by atoms with Crippen LogP contribution in [0, 0.1) is 0 Å². The molecule has 1 aromatic carbocycles. The number of halogens is 1. The van der Waals surface area contributed by atoms with Crippen LogP contribution in [-0.2, 0) is 6.54 Å². The van der Waals surface area contributed by atoms with E-state index in [1.54, 1.807) is 16.9 Å². The van der Waals surface area contributed by atoms with Gasteiger partial charge in [-0.25, -0.2) is 0 Å². The highest BCUT2D eigenvalue weighted by molar-refractivity contribution is 6.31. The van der Waals surface area contributed by atoms with Crippen molar-refractivity contribution in [2.45, 2.75) is 6.54 Å². The van der Waals surface area contributed by atoms with Crippen LogP contribution in [0.4, 0.5) is 0 Å². The van der Waals surface area contributed by atoms with Crippen molar-refractivity contribution in [2.75, 3.05) is 26.3 Å². The minimum absolute atomic E-state index is 0.153. The topological polar surface area (TPSA) is 78.6 Å². The lowest BCUT2D eigenvalue weighted by Gasteiger charge is -2.19. The number of carbonyl (C=O) groups excluding carboxylic acids is 1. The van der Waals surface area contributed by atoms with Crippen LogP contribution in [0.1, 0.15) is 15.9 Å². The number of hydrogen-bond donors (Lipinski definition) is 2. The van der Waals surface area contributed by atoms with E-state index >= 15 is 0 Å². The maximum Gasteiger partial charge on any atom is 0.257 e. The van der Waals surface area contributed by atoms with E-state index in [-0.39, 0.29) is 32.2 Å². The summed E-state index contributed by atoms with van der Waals surface area (Å²) in [5.41, 5.74) is 1.32. The summed E-state index contributed by atoms with van der Waals surface area (Å²) < 4.78 is 1.63. The lowest BCUT2D eigenvalue weighted by atomic mass is 10.2. The van der Waals surface area contributed by atoms with Gasteiger partial charge in [0.2, 0.25) is 0 Å². The Balaban J connectivity index is 2.10. The fourth-order valence-electron chi connectivity index (χ4n) is 2.10. The Labute approximate surface area is 133 Å². The summed E-state index contributed by atoms with van der Waals surface area (Å²) in [7, 11) is 0. The Morgan fingerprint density at radius 1 is 1.23 bits per heavy atom. The molecule has 2 rings (SSSR count). The second kappa shape index (κ2) is 7.93. The minimum atomic E-state index is -0.270. The van der Waals surface area contributed by atoms with Crippen LogP contribution in [0.2, 0.25) is 5.02 Å². The molecule has 0 aliphatic carbocycles. The van der Waals surface area contributed by atoms with E-state index in [9.17, 15) is 4.79 Å². The van der Waals surface area contributed by atoms with E-state index in [1.165, 1.54) is 11.1 Å². The molecule has 0 saturated carbocycles. The van der Waals surface area contributed by atoms with Gasteiger partial charge >= 0.3 is 0 Å². The van der Waals surface area contributed by atoms with Crippen molar-refractivity contribution >= 4 is 17.5 Å². The molecule has 1 heterocycles. The third kappa shape index (κ3) is 4.07. The third-order valence-corrected chi connectivity index (χ3v) is 3.57. The van der Waals surface area contributed by atoms with Crippen LogP contribution in [0.15, 0.2) is 36.7 Å². The molecule has 2 N–H and O–H groups in total. The monoisotopic (exact) mass is 323 g/mol. The Morgan fingerprint density at radius 3 is 2.55 bits per heavy atom. The second-order valence-corrected chi connectivity index (χ2v) is 5.16. The molecule has 0 fully saturated rings. The molecule has 0 aliphatic heterocycles. The molecule has 7 heteroatoms. The summed E-state index contributed by atoms with van der Waals surface area (Å²) in [6.07, 6.45) is 3.11. The summed E-state index contributed by atoms with van der Waals surface area (Å²) >= 11 is 6.10. The van der Waals surface area contributed by atoms with Crippen LogP contribution in [-0.4, -0.2) is 57.1 Å². The SMILES string of the molecule is O=C(c1cnn(Cc2ccccc2Cl)c1)N(CCO)CCO. The van der Waals surface area contributed by atoms with Gasteiger partial charge in [0.05, 0.1) is 31.5 Å². The first-order chi connectivity index (χ1) is 10.7. The highest BCUT2D eigenvalue weighted by atomic mass is 35.5. The van der Waals surface area contributed by atoms with Crippen molar-refractivity contribution in [3.05, 3.63) is 52.8 Å². The second-order valence-electron chi connectivity index (χ2n) is 4.76. The van der Waals surface area contributed by atoms with E-state index in [0.717, 1.165) is 5.56 Å². The lowest BCUT2D eigenvalue weighted by Crippen LogP contribution is -2.35. The predicted molar refractivity (Wildman–Crippen MR) is 82.9 cm³/mol. The van der Waals surface area contributed by atoms with E-state index < -0.39 is 0 Å². The summed E-state index contributed by atoms with van der Waals surface area (Å²) in [6, 6.07) is 7.44. The zero-order valence-electron chi connectivity index (χ0n) is 12.0. The Kier molecular flexibility index (Phi) is 5.94. The smallest absolute Gasteiger partial charge is 0.257 e. The Morgan fingerprint density at radius 2 is 1.91 bits per heavy atom. The number of carbonyl (C=O) groups is 1. The van der Waals surface area contributed by atoms with Crippen LogP contribution in [0.3, 0.4) is 0 Å². The maximum atomic E-state index is 12.3. The number of amides is 1. The van der Waals surface area contributed by atoms with Gasteiger partial charge in [-0.05, 0) is 11.6 Å². The van der Waals surface area contributed by atoms with Crippen molar-refractivity contribution < 1.29 is 15.0 Å². The minimum Gasteiger partial charge on any atom is -0.395 e. The van der Waals surface area contributed by atoms with Crippen molar-refractivity contribution in [1.82, 2.24) is 14.7 Å². The van der Waals surface area contributed by atoms with Gasteiger partial charge in [0.15, 0.2) is 0 Å². The number of benzene rings is 1. The molecule has 1 aromatic heterocycles. The zero-order chi connectivity index (χ0) is 15.9. The molecule has 0 radical (unpaired) electrons. The molecule has 6 nitrogen and oxygen atoms in total. The van der Waals surface area contributed by atoms with E-state index in [2.05, 4.69) is 5.10 Å². The van der Waals surface area contributed by atoms with Gasteiger partial charge < -0.3 is 15.1 Å². The van der Waals surface area contributed by atoms with E-state index in [0.29, 0.717) is 17.1 Å². The zero-order valence-corrected chi connectivity index (χ0v) is 12.8. The van der Waals surface area contributed by atoms with Crippen molar-refractivity contribution in [2.24, 2.45) is 0 Å². The molecular formula is C15H18ClN3O3. The molecule has 22 heavy (non-hydrogen) atoms. The average Bonchev–Trinajstić information content (AvgIpc) is 2.97. The molecule has 2 aromatic rings. The standard InChI is InChI=1S/C15H18ClN3O3/c16-14-4-2-1-3-12(14)10-19-11-13(9-17-19)15(22)18(5-7-20)6-8-21/h1-4,9,11,20-21H,5-8,10H2. The van der Waals surface area contributed by atoms with E-state index in [1.807, 2.05) is 18.2 Å². The largest absolute Gasteiger partial charge is 0.395 e. The normalized spacial score (nSPS) is 10.7. The molecule has 118 valence electrons. The van der Waals surface area contributed by atoms with Gasteiger partial charge in [0.1, 0.15) is 0 Å². The number of aliphatic hydroxyl groups is 2. The van der Waals surface area contributed by atoms with Crippen molar-refractivity contribution in [3.63, 3.8) is 0 Å². The van der Waals surface area contributed by atoms with Crippen molar-refractivity contribution in [3.8, 4) is 0 Å². The number of hydrogen-bond acceptors (Lipinski definition) is 4. The molecular weight excluding hydrogens is 306 g/mol. The van der Waals surface area contributed by atoms with Crippen molar-refractivity contribution in [1.29, 1.82) is 0 Å². The highest BCUT2D eigenvalue weighted by Crippen LogP contribution is 2.16. The number of rotatable bonds is 7. The highest BCUT2D eigenvalue weighted by Gasteiger charge is 2.16.